The smallest absolute Gasteiger partial charge is 0.321 e. The van der Waals surface area contributed by atoms with Gasteiger partial charge in [-0.3, -0.25) is 4.79 Å². The zero-order valence-electron chi connectivity index (χ0n) is 12.1. The Morgan fingerprint density at radius 1 is 1.33 bits per heavy atom. The van der Waals surface area contributed by atoms with Crippen LogP contribution in [0.25, 0.3) is 0 Å². The molecule has 2 amide bonds. The molecule has 1 aliphatic rings. The molecule has 0 radical (unpaired) electrons. The largest absolute Gasteiger partial charge is 0.468 e. The second-order valence-corrected chi connectivity index (χ2v) is 5.88. The summed E-state index contributed by atoms with van der Waals surface area (Å²) in [7, 11) is 1.39. The quantitative estimate of drug-likeness (QED) is 0.850. The van der Waals surface area contributed by atoms with Gasteiger partial charge in [-0.1, -0.05) is 12.1 Å². The highest BCUT2D eigenvalue weighted by molar-refractivity contribution is 7.99. The number of likely N-dealkylation sites (tertiary alicyclic amines) is 1. The Balaban J connectivity index is 1.85. The van der Waals surface area contributed by atoms with Crippen molar-refractivity contribution in [3.8, 4) is 0 Å². The number of nitrogens with zero attached hydrogens (tertiary/aromatic N) is 1. The van der Waals surface area contributed by atoms with Crippen LogP contribution in [0, 0.1) is 0 Å². The molecule has 0 unspecified atom stereocenters. The molecule has 0 atom stereocenters. The minimum absolute atomic E-state index is 0.0353. The number of methoxy groups -OCH3 is 1. The zero-order valence-corrected chi connectivity index (χ0v) is 12.9. The van der Waals surface area contributed by atoms with Gasteiger partial charge in [0.1, 0.15) is 0 Å². The monoisotopic (exact) mass is 308 g/mol. The van der Waals surface area contributed by atoms with Gasteiger partial charge in [0.15, 0.2) is 0 Å². The molecule has 1 N–H and O–H groups in total. The lowest BCUT2D eigenvalue weighted by atomic mass is 10.2. The van der Waals surface area contributed by atoms with Crippen molar-refractivity contribution in [3.05, 3.63) is 29.8 Å². The lowest BCUT2D eigenvalue weighted by Gasteiger charge is -2.16. The van der Waals surface area contributed by atoms with Crippen molar-refractivity contribution in [2.45, 2.75) is 18.6 Å². The molecule has 6 heteroatoms. The molecule has 2 rings (SSSR count). The van der Waals surface area contributed by atoms with E-state index in [1.165, 1.54) is 18.9 Å². The molecule has 1 aromatic rings. The van der Waals surface area contributed by atoms with Gasteiger partial charge in [0.05, 0.1) is 12.9 Å². The number of anilines is 1. The molecule has 5 nitrogen and oxygen atoms in total. The first-order chi connectivity index (χ1) is 10.2. The highest BCUT2D eigenvalue weighted by Crippen LogP contribution is 2.18. The lowest BCUT2D eigenvalue weighted by molar-refractivity contribution is -0.137. The van der Waals surface area contributed by atoms with Crippen molar-refractivity contribution < 1.29 is 14.3 Å². The Morgan fingerprint density at radius 3 is 2.81 bits per heavy atom. The SMILES string of the molecule is COC(=O)CSCc1cccc(NC(=O)N2CCCC2)c1. The van der Waals surface area contributed by atoms with Crippen LogP contribution in [-0.2, 0) is 15.3 Å². The molecule has 0 aromatic heterocycles. The van der Waals surface area contributed by atoms with Crippen LogP contribution in [0.5, 0.6) is 0 Å². The van der Waals surface area contributed by atoms with Gasteiger partial charge < -0.3 is 15.0 Å². The predicted octanol–water partition coefficient (Wildman–Crippen LogP) is 2.72. The Labute approximate surface area is 129 Å². The number of ether oxygens (including phenoxy) is 1. The van der Waals surface area contributed by atoms with Crippen LogP contribution in [0.1, 0.15) is 18.4 Å². The van der Waals surface area contributed by atoms with Crippen LogP contribution in [-0.4, -0.2) is 42.9 Å². The minimum atomic E-state index is -0.224. The molecular formula is C15H20N2O3S. The topological polar surface area (TPSA) is 58.6 Å². The van der Waals surface area contributed by atoms with Crippen molar-refractivity contribution in [1.82, 2.24) is 4.90 Å². The van der Waals surface area contributed by atoms with Gasteiger partial charge in [-0.25, -0.2) is 4.79 Å². The summed E-state index contributed by atoms with van der Waals surface area (Å²) in [5.41, 5.74) is 1.87. The van der Waals surface area contributed by atoms with Crippen LogP contribution >= 0.6 is 11.8 Å². The van der Waals surface area contributed by atoms with Crippen molar-refractivity contribution in [2.24, 2.45) is 0 Å². The van der Waals surface area contributed by atoms with Gasteiger partial charge >= 0.3 is 12.0 Å². The summed E-state index contributed by atoms with van der Waals surface area (Å²) in [6.07, 6.45) is 2.16. The summed E-state index contributed by atoms with van der Waals surface area (Å²) in [6.45, 7) is 1.67. The van der Waals surface area contributed by atoms with E-state index in [0.29, 0.717) is 11.5 Å². The van der Waals surface area contributed by atoms with E-state index in [1.807, 2.05) is 29.2 Å². The number of carbonyl (C=O) groups excluding carboxylic acids is 2. The number of urea groups is 1. The zero-order chi connectivity index (χ0) is 15.1. The van der Waals surface area contributed by atoms with E-state index in [4.69, 9.17) is 0 Å². The first-order valence-electron chi connectivity index (χ1n) is 6.98. The van der Waals surface area contributed by atoms with Gasteiger partial charge in [-0.15, -0.1) is 11.8 Å². The molecule has 1 aromatic carbocycles. The summed E-state index contributed by atoms with van der Waals surface area (Å²) in [5.74, 6) is 0.821. The van der Waals surface area contributed by atoms with Crippen LogP contribution in [0.2, 0.25) is 0 Å². The van der Waals surface area contributed by atoms with Crippen molar-refractivity contribution in [2.75, 3.05) is 31.3 Å². The number of hydrogen-bond acceptors (Lipinski definition) is 4. The normalized spacial score (nSPS) is 14.0. The Morgan fingerprint density at radius 2 is 2.10 bits per heavy atom. The summed E-state index contributed by atoms with van der Waals surface area (Å²) in [6, 6.07) is 7.68. The predicted molar refractivity (Wildman–Crippen MR) is 84.4 cm³/mol. The number of amides is 2. The average Bonchev–Trinajstić information content (AvgIpc) is 3.02. The summed E-state index contributed by atoms with van der Waals surface area (Å²) in [4.78, 5) is 24.9. The standard InChI is InChI=1S/C15H20N2O3S/c1-20-14(18)11-21-10-12-5-4-6-13(9-12)16-15(19)17-7-2-3-8-17/h4-6,9H,2-3,7-8,10-11H2,1H3,(H,16,19). The number of hydrogen-bond donors (Lipinski definition) is 1. The molecule has 1 saturated heterocycles. The fourth-order valence-corrected chi connectivity index (χ4v) is 2.97. The Kier molecular flexibility index (Phi) is 5.92. The highest BCUT2D eigenvalue weighted by atomic mass is 32.2. The number of nitrogens with one attached hydrogen (secondary N) is 1. The maximum absolute atomic E-state index is 12.0. The van der Waals surface area contributed by atoms with Gasteiger partial charge in [-0.2, -0.15) is 0 Å². The summed E-state index contributed by atoms with van der Waals surface area (Å²) < 4.78 is 4.60. The number of thioether (sulfide) groups is 1. The Bertz CT molecular complexity index is 501. The van der Waals surface area contributed by atoms with Gasteiger partial charge in [0.2, 0.25) is 0 Å². The first-order valence-corrected chi connectivity index (χ1v) is 8.14. The maximum Gasteiger partial charge on any atom is 0.321 e. The van der Waals surface area contributed by atoms with E-state index < -0.39 is 0 Å². The van der Waals surface area contributed by atoms with Crippen LogP contribution in [0.4, 0.5) is 10.5 Å². The van der Waals surface area contributed by atoms with Crippen molar-refractivity contribution in [1.29, 1.82) is 0 Å². The summed E-state index contributed by atoms with van der Waals surface area (Å²) in [5, 5.41) is 2.92. The third-order valence-electron chi connectivity index (χ3n) is 3.29. The average molecular weight is 308 g/mol. The van der Waals surface area contributed by atoms with E-state index in [-0.39, 0.29) is 12.0 Å². The fourth-order valence-electron chi connectivity index (χ4n) is 2.17. The van der Waals surface area contributed by atoms with Gasteiger partial charge in [0, 0.05) is 24.5 Å². The van der Waals surface area contributed by atoms with E-state index in [2.05, 4.69) is 10.1 Å². The first kappa shape index (κ1) is 15.7. The van der Waals surface area contributed by atoms with E-state index >= 15 is 0 Å². The van der Waals surface area contributed by atoms with E-state index in [0.717, 1.165) is 37.2 Å². The second kappa shape index (κ2) is 7.93. The number of carbonyl (C=O) groups is 2. The second-order valence-electron chi connectivity index (χ2n) is 4.89. The molecule has 0 bridgehead atoms. The lowest BCUT2D eigenvalue weighted by Crippen LogP contribution is -2.32. The van der Waals surface area contributed by atoms with E-state index in [1.54, 1.807) is 0 Å². The molecule has 21 heavy (non-hydrogen) atoms. The number of rotatable bonds is 5. The summed E-state index contributed by atoms with van der Waals surface area (Å²) >= 11 is 1.49. The molecule has 1 aliphatic heterocycles. The maximum atomic E-state index is 12.0. The minimum Gasteiger partial charge on any atom is -0.468 e. The molecule has 0 aliphatic carbocycles. The van der Waals surface area contributed by atoms with Gasteiger partial charge in [-0.05, 0) is 30.5 Å². The van der Waals surface area contributed by atoms with Gasteiger partial charge in [0.25, 0.3) is 0 Å². The molecule has 114 valence electrons. The third kappa shape index (κ3) is 4.97. The highest BCUT2D eigenvalue weighted by Gasteiger charge is 2.17. The molecular weight excluding hydrogens is 288 g/mol. The van der Waals surface area contributed by atoms with Crippen molar-refractivity contribution in [3.63, 3.8) is 0 Å². The third-order valence-corrected chi connectivity index (χ3v) is 4.27. The van der Waals surface area contributed by atoms with E-state index in [9.17, 15) is 9.59 Å². The Hall–Kier alpha value is -1.69. The fraction of sp³-hybridized carbons (Fsp3) is 0.467. The molecule has 1 heterocycles. The molecule has 1 fully saturated rings. The number of benzene rings is 1. The molecule has 0 saturated carbocycles. The van der Waals surface area contributed by atoms with Crippen LogP contribution < -0.4 is 5.32 Å². The van der Waals surface area contributed by atoms with Crippen molar-refractivity contribution >= 4 is 29.4 Å². The molecule has 0 spiro atoms. The van der Waals surface area contributed by atoms with Crippen LogP contribution in [0.3, 0.4) is 0 Å². The van der Waals surface area contributed by atoms with Crippen LogP contribution in [0.15, 0.2) is 24.3 Å². The number of esters is 1.